The zero-order valence-corrected chi connectivity index (χ0v) is 11.4. The van der Waals surface area contributed by atoms with Gasteiger partial charge in [0.05, 0.1) is 0 Å². The molecular weight excluding hydrogens is 200 g/mol. The molecule has 91 valence electrons. The molecule has 0 saturated heterocycles. The van der Waals surface area contributed by atoms with E-state index in [-0.39, 0.29) is 0 Å². The molecule has 1 radical (unpaired) electrons. The molecule has 0 spiro atoms. The van der Waals surface area contributed by atoms with Gasteiger partial charge in [0.2, 0.25) is 0 Å². The van der Waals surface area contributed by atoms with Gasteiger partial charge < -0.3 is 0 Å². The van der Waals surface area contributed by atoms with Crippen LogP contribution >= 0.6 is 12.6 Å². The molecule has 1 heteroatoms. The highest BCUT2D eigenvalue weighted by Crippen LogP contribution is 2.12. The van der Waals surface area contributed by atoms with Crippen LogP contribution in [0.15, 0.2) is 0 Å². The Kier molecular flexibility index (Phi) is 12.7. The lowest BCUT2D eigenvalue weighted by Crippen LogP contribution is -1.90. The van der Waals surface area contributed by atoms with Crippen molar-refractivity contribution in [1.82, 2.24) is 0 Å². The van der Waals surface area contributed by atoms with Crippen molar-refractivity contribution in [3.8, 4) is 0 Å². The number of hydrogen-bond donors (Lipinski definition) is 1. The molecule has 0 aromatic carbocycles. The van der Waals surface area contributed by atoms with Gasteiger partial charge >= 0.3 is 0 Å². The maximum atomic E-state index is 4.28. The standard InChI is InChI=1S/C14H29S/c1-3-4-5-6-7-8-9-10-11-12-13-14(2)15/h14-15H,2-13H2,1H3. The number of hydrogen-bond acceptors (Lipinski definition) is 1. The average molecular weight is 229 g/mol. The van der Waals surface area contributed by atoms with E-state index in [4.69, 9.17) is 0 Å². The Hall–Kier alpha value is 0.350. The Bertz CT molecular complexity index is 110. The molecule has 0 amide bonds. The molecule has 0 heterocycles. The highest BCUT2D eigenvalue weighted by molar-refractivity contribution is 7.81. The molecule has 0 aliphatic carbocycles. The van der Waals surface area contributed by atoms with Crippen molar-refractivity contribution >= 4 is 12.6 Å². The third-order valence-electron chi connectivity index (χ3n) is 2.89. The van der Waals surface area contributed by atoms with Gasteiger partial charge in [0, 0.05) is 5.25 Å². The van der Waals surface area contributed by atoms with Crippen molar-refractivity contribution < 1.29 is 0 Å². The first-order valence-electron chi connectivity index (χ1n) is 6.78. The summed E-state index contributed by atoms with van der Waals surface area (Å²) in [5, 5.41) is 0.346. The summed E-state index contributed by atoms with van der Waals surface area (Å²) in [6.45, 7) is 6.15. The van der Waals surface area contributed by atoms with E-state index in [1.807, 2.05) is 0 Å². The normalized spacial score (nSPS) is 13.0. The average Bonchev–Trinajstić information content (AvgIpc) is 2.20. The van der Waals surface area contributed by atoms with Crippen molar-refractivity contribution in [3.63, 3.8) is 0 Å². The lowest BCUT2D eigenvalue weighted by Gasteiger charge is -2.03. The first-order chi connectivity index (χ1) is 7.27. The van der Waals surface area contributed by atoms with Gasteiger partial charge in [-0.1, -0.05) is 71.1 Å². The molecule has 0 aromatic rings. The Labute approximate surface area is 103 Å². The maximum Gasteiger partial charge on any atom is 0.00172 e. The fourth-order valence-electron chi connectivity index (χ4n) is 1.87. The Morgan fingerprint density at radius 1 is 0.800 bits per heavy atom. The van der Waals surface area contributed by atoms with Crippen LogP contribution in [0.4, 0.5) is 0 Å². The Balaban J connectivity index is 2.87. The van der Waals surface area contributed by atoms with Crippen LogP contribution in [0.3, 0.4) is 0 Å². The number of thiol groups is 1. The topological polar surface area (TPSA) is 0 Å². The largest absolute Gasteiger partial charge is 0.176 e. The van der Waals surface area contributed by atoms with E-state index in [9.17, 15) is 0 Å². The Morgan fingerprint density at radius 2 is 1.20 bits per heavy atom. The minimum absolute atomic E-state index is 0.346. The van der Waals surface area contributed by atoms with Crippen LogP contribution in [0.5, 0.6) is 0 Å². The van der Waals surface area contributed by atoms with E-state index in [2.05, 4.69) is 26.5 Å². The second kappa shape index (κ2) is 12.4. The molecular formula is C14H29S. The summed E-state index contributed by atoms with van der Waals surface area (Å²) >= 11 is 4.28. The summed E-state index contributed by atoms with van der Waals surface area (Å²) in [5.41, 5.74) is 0. The summed E-state index contributed by atoms with van der Waals surface area (Å²) in [5.74, 6) is 0. The molecule has 15 heavy (non-hydrogen) atoms. The van der Waals surface area contributed by atoms with E-state index < -0.39 is 0 Å². The molecule has 0 bridgehead atoms. The molecule has 0 aromatic heterocycles. The molecule has 0 aliphatic rings. The van der Waals surface area contributed by atoms with Crippen molar-refractivity contribution in [1.29, 1.82) is 0 Å². The van der Waals surface area contributed by atoms with Crippen LogP contribution in [0.2, 0.25) is 0 Å². The SMILES string of the molecule is [CH2]C(S)CCCCCCCCCCCC. The molecule has 1 unspecified atom stereocenters. The third kappa shape index (κ3) is 14.4. The van der Waals surface area contributed by atoms with Crippen LogP contribution in [0.25, 0.3) is 0 Å². The molecule has 0 saturated carbocycles. The first-order valence-corrected chi connectivity index (χ1v) is 7.30. The van der Waals surface area contributed by atoms with Crippen LogP contribution in [-0.4, -0.2) is 5.25 Å². The summed E-state index contributed by atoms with van der Waals surface area (Å²) in [6.07, 6.45) is 15.3. The van der Waals surface area contributed by atoms with Crippen LogP contribution in [0, 0.1) is 6.92 Å². The van der Waals surface area contributed by atoms with E-state index in [1.54, 1.807) is 0 Å². The third-order valence-corrected chi connectivity index (χ3v) is 3.15. The minimum Gasteiger partial charge on any atom is -0.176 e. The maximum absolute atomic E-state index is 4.28. The van der Waals surface area contributed by atoms with Gasteiger partial charge in [-0.3, -0.25) is 0 Å². The van der Waals surface area contributed by atoms with Gasteiger partial charge in [-0.25, -0.2) is 0 Å². The van der Waals surface area contributed by atoms with Gasteiger partial charge in [-0.2, -0.15) is 12.6 Å². The highest BCUT2D eigenvalue weighted by Gasteiger charge is 1.95. The summed E-state index contributed by atoms with van der Waals surface area (Å²) < 4.78 is 0. The van der Waals surface area contributed by atoms with Crippen molar-refractivity contribution in [2.24, 2.45) is 0 Å². The fourth-order valence-corrected chi connectivity index (χ4v) is 2.05. The molecule has 0 fully saturated rings. The smallest absolute Gasteiger partial charge is 0.00172 e. The predicted molar refractivity (Wildman–Crippen MR) is 74.6 cm³/mol. The fraction of sp³-hybridized carbons (Fsp3) is 0.929. The lowest BCUT2D eigenvalue weighted by molar-refractivity contribution is 0.551. The second-order valence-electron chi connectivity index (χ2n) is 4.62. The van der Waals surface area contributed by atoms with E-state index in [0.717, 1.165) is 0 Å². The van der Waals surface area contributed by atoms with E-state index in [0.29, 0.717) is 5.25 Å². The van der Waals surface area contributed by atoms with Crippen LogP contribution in [0.1, 0.15) is 77.6 Å². The molecule has 0 N–H and O–H groups in total. The zero-order chi connectivity index (χ0) is 11.4. The minimum atomic E-state index is 0.346. The van der Waals surface area contributed by atoms with Gasteiger partial charge in [0.1, 0.15) is 0 Å². The van der Waals surface area contributed by atoms with E-state index in [1.165, 1.54) is 70.6 Å². The van der Waals surface area contributed by atoms with Gasteiger partial charge in [0.15, 0.2) is 0 Å². The van der Waals surface area contributed by atoms with Crippen LogP contribution in [-0.2, 0) is 0 Å². The van der Waals surface area contributed by atoms with Crippen molar-refractivity contribution in [3.05, 3.63) is 6.92 Å². The van der Waals surface area contributed by atoms with Crippen molar-refractivity contribution in [2.45, 2.75) is 82.8 Å². The first kappa shape index (κ1) is 15.3. The van der Waals surface area contributed by atoms with E-state index >= 15 is 0 Å². The number of rotatable bonds is 11. The number of unbranched alkanes of at least 4 members (excludes halogenated alkanes) is 9. The zero-order valence-electron chi connectivity index (χ0n) is 10.5. The highest BCUT2D eigenvalue weighted by atomic mass is 32.1. The van der Waals surface area contributed by atoms with Crippen LogP contribution < -0.4 is 0 Å². The van der Waals surface area contributed by atoms with Gasteiger partial charge in [-0.05, 0) is 13.3 Å². The molecule has 0 nitrogen and oxygen atoms in total. The van der Waals surface area contributed by atoms with Gasteiger partial charge in [-0.15, -0.1) is 0 Å². The lowest BCUT2D eigenvalue weighted by atomic mass is 10.1. The molecule has 1 atom stereocenters. The summed E-state index contributed by atoms with van der Waals surface area (Å²) in [4.78, 5) is 0. The van der Waals surface area contributed by atoms with Gasteiger partial charge in [0.25, 0.3) is 0 Å². The van der Waals surface area contributed by atoms with Crippen molar-refractivity contribution in [2.75, 3.05) is 0 Å². The molecule has 0 rings (SSSR count). The Morgan fingerprint density at radius 3 is 1.60 bits per heavy atom. The quantitative estimate of drug-likeness (QED) is 0.354. The monoisotopic (exact) mass is 229 g/mol. The summed E-state index contributed by atoms with van der Waals surface area (Å²) in [7, 11) is 0. The second-order valence-corrected chi connectivity index (χ2v) is 5.35. The summed E-state index contributed by atoms with van der Waals surface area (Å²) in [6, 6.07) is 0. The molecule has 0 aliphatic heterocycles. The predicted octanol–water partition coefficient (Wildman–Crippen LogP) is 5.43.